The summed E-state index contributed by atoms with van der Waals surface area (Å²) in [6.07, 6.45) is 0.363. The molecule has 2 N–H and O–H groups in total. The average Bonchev–Trinajstić information content (AvgIpc) is 2.54. The maximum Gasteiger partial charge on any atom is 0.251 e. The normalized spacial score (nSPS) is 10.1. The van der Waals surface area contributed by atoms with Crippen LogP contribution in [0, 0.1) is 6.92 Å². The molecule has 2 rings (SSSR count). The quantitative estimate of drug-likeness (QED) is 0.889. The van der Waals surface area contributed by atoms with E-state index < -0.39 is 0 Å². The first-order valence-corrected chi connectivity index (χ1v) is 7.22. The highest BCUT2D eigenvalue weighted by Gasteiger charge is 2.07. The minimum Gasteiger partial charge on any atom is -0.355 e. The van der Waals surface area contributed by atoms with Gasteiger partial charge in [0.05, 0.1) is 6.42 Å². The summed E-state index contributed by atoms with van der Waals surface area (Å²) < 4.78 is 0. The molecule has 0 atom stereocenters. The van der Waals surface area contributed by atoms with Crippen LogP contribution in [0.4, 0.5) is 0 Å². The van der Waals surface area contributed by atoms with Crippen LogP contribution in [0.2, 0.25) is 0 Å². The van der Waals surface area contributed by atoms with Crippen molar-refractivity contribution in [3.8, 4) is 0 Å². The molecular weight excluding hydrogens is 276 g/mol. The molecule has 0 aromatic heterocycles. The van der Waals surface area contributed by atoms with E-state index in [1.165, 1.54) is 0 Å². The molecule has 0 aliphatic heterocycles. The van der Waals surface area contributed by atoms with Crippen LogP contribution in [-0.2, 0) is 17.8 Å². The number of hydrogen-bond donors (Lipinski definition) is 2. The van der Waals surface area contributed by atoms with Crippen molar-refractivity contribution in [1.29, 1.82) is 0 Å². The van der Waals surface area contributed by atoms with E-state index in [2.05, 4.69) is 10.6 Å². The molecule has 0 fully saturated rings. The summed E-state index contributed by atoms with van der Waals surface area (Å²) in [7, 11) is 1.60. The molecular formula is C18H20N2O2. The zero-order valence-electron chi connectivity index (χ0n) is 12.8. The number of carbonyl (C=O) groups excluding carboxylic acids is 2. The second kappa shape index (κ2) is 7.41. The summed E-state index contributed by atoms with van der Waals surface area (Å²) in [6.45, 7) is 2.41. The van der Waals surface area contributed by atoms with Crippen molar-refractivity contribution >= 4 is 11.8 Å². The Morgan fingerprint density at radius 3 is 2.55 bits per heavy atom. The van der Waals surface area contributed by atoms with E-state index in [9.17, 15) is 9.59 Å². The van der Waals surface area contributed by atoms with Gasteiger partial charge in [0.1, 0.15) is 0 Å². The van der Waals surface area contributed by atoms with Gasteiger partial charge in [0.15, 0.2) is 0 Å². The molecule has 22 heavy (non-hydrogen) atoms. The molecule has 2 amide bonds. The van der Waals surface area contributed by atoms with Gasteiger partial charge in [0, 0.05) is 19.2 Å². The highest BCUT2D eigenvalue weighted by molar-refractivity contribution is 5.94. The molecule has 4 nitrogen and oxygen atoms in total. The molecule has 0 spiro atoms. The Morgan fingerprint density at radius 1 is 1.05 bits per heavy atom. The smallest absolute Gasteiger partial charge is 0.251 e. The van der Waals surface area contributed by atoms with Gasteiger partial charge >= 0.3 is 0 Å². The summed E-state index contributed by atoms with van der Waals surface area (Å²) in [4.78, 5) is 23.6. The van der Waals surface area contributed by atoms with Crippen molar-refractivity contribution in [2.45, 2.75) is 19.9 Å². The van der Waals surface area contributed by atoms with E-state index in [-0.39, 0.29) is 11.8 Å². The van der Waals surface area contributed by atoms with E-state index in [1.54, 1.807) is 19.2 Å². The van der Waals surface area contributed by atoms with Crippen LogP contribution in [0.5, 0.6) is 0 Å². The van der Waals surface area contributed by atoms with Crippen LogP contribution >= 0.6 is 0 Å². The topological polar surface area (TPSA) is 58.2 Å². The van der Waals surface area contributed by atoms with E-state index in [0.29, 0.717) is 18.5 Å². The molecule has 0 saturated heterocycles. The van der Waals surface area contributed by atoms with Crippen LogP contribution in [-0.4, -0.2) is 18.9 Å². The Bertz CT molecular complexity index is 680. The maximum absolute atomic E-state index is 12.0. The second-order valence-electron chi connectivity index (χ2n) is 5.16. The van der Waals surface area contributed by atoms with Crippen LogP contribution < -0.4 is 10.6 Å². The van der Waals surface area contributed by atoms with E-state index in [4.69, 9.17) is 0 Å². The van der Waals surface area contributed by atoms with Crippen LogP contribution in [0.25, 0.3) is 0 Å². The van der Waals surface area contributed by atoms with Crippen molar-refractivity contribution in [3.63, 3.8) is 0 Å². The molecule has 2 aromatic rings. The van der Waals surface area contributed by atoms with Gasteiger partial charge in [0.25, 0.3) is 5.91 Å². The van der Waals surface area contributed by atoms with Crippen molar-refractivity contribution in [2.75, 3.05) is 7.05 Å². The third kappa shape index (κ3) is 4.19. The number of carbonyl (C=O) groups is 2. The van der Waals surface area contributed by atoms with Gasteiger partial charge in [-0.1, -0.05) is 36.4 Å². The number of rotatable bonds is 5. The number of aryl methyl sites for hydroxylation is 1. The minimum atomic E-state index is -0.131. The van der Waals surface area contributed by atoms with Crippen molar-refractivity contribution < 1.29 is 9.59 Å². The van der Waals surface area contributed by atoms with Gasteiger partial charge in [-0.15, -0.1) is 0 Å². The molecule has 114 valence electrons. The van der Waals surface area contributed by atoms with E-state index in [1.807, 2.05) is 43.3 Å². The molecule has 0 radical (unpaired) electrons. The molecule has 0 heterocycles. The SMILES string of the molecule is CNC(=O)c1cccc(CNC(=O)Cc2ccccc2C)c1. The largest absolute Gasteiger partial charge is 0.355 e. The molecule has 2 aromatic carbocycles. The third-order valence-electron chi connectivity index (χ3n) is 3.52. The Balaban J connectivity index is 1.94. The monoisotopic (exact) mass is 296 g/mol. The summed E-state index contributed by atoms with van der Waals surface area (Å²) in [5.41, 5.74) is 3.63. The summed E-state index contributed by atoms with van der Waals surface area (Å²) in [6, 6.07) is 15.1. The highest BCUT2D eigenvalue weighted by atomic mass is 16.2. The lowest BCUT2D eigenvalue weighted by Gasteiger charge is -2.08. The number of amides is 2. The van der Waals surface area contributed by atoms with Gasteiger partial charge in [-0.2, -0.15) is 0 Å². The highest BCUT2D eigenvalue weighted by Crippen LogP contribution is 2.08. The summed E-state index contributed by atoms with van der Waals surface area (Å²) >= 11 is 0. The third-order valence-corrected chi connectivity index (χ3v) is 3.52. The van der Waals surface area contributed by atoms with Crippen LogP contribution in [0.15, 0.2) is 48.5 Å². The number of nitrogens with one attached hydrogen (secondary N) is 2. The zero-order chi connectivity index (χ0) is 15.9. The van der Waals surface area contributed by atoms with Crippen molar-refractivity contribution in [1.82, 2.24) is 10.6 Å². The van der Waals surface area contributed by atoms with Gasteiger partial charge in [-0.05, 0) is 35.7 Å². The van der Waals surface area contributed by atoms with Gasteiger partial charge in [-0.3, -0.25) is 9.59 Å². The average molecular weight is 296 g/mol. The second-order valence-corrected chi connectivity index (χ2v) is 5.16. The predicted molar refractivity (Wildman–Crippen MR) is 86.6 cm³/mol. The molecule has 0 bridgehead atoms. The van der Waals surface area contributed by atoms with Gasteiger partial charge < -0.3 is 10.6 Å². The zero-order valence-corrected chi connectivity index (χ0v) is 12.8. The molecule has 0 saturated carbocycles. The number of benzene rings is 2. The van der Waals surface area contributed by atoms with E-state index >= 15 is 0 Å². The first-order chi connectivity index (χ1) is 10.6. The fourth-order valence-corrected chi connectivity index (χ4v) is 2.21. The lowest BCUT2D eigenvalue weighted by atomic mass is 10.1. The van der Waals surface area contributed by atoms with Crippen molar-refractivity contribution in [3.05, 3.63) is 70.8 Å². The maximum atomic E-state index is 12.0. The Kier molecular flexibility index (Phi) is 5.31. The Hall–Kier alpha value is -2.62. The van der Waals surface area contributed by atoms with Gasteiger partial charge in [0.2, 0.25) is 5.91 Å². The number of hydrogen-bond acceptors (Lipinski definition) is 2. The van der Waals surface area contributed by atoms with E-state index in [0.717, 1.165) is 16.7 Å². The first kappa shape index (κ1) is 15.8. The van der Waals surface area contributed by atoms with Crippen LogP contribution in [0.3, 0.4) is 0 Å². The predicted octanol–water partition coefficient (Wildman–Crippen LogP) is 2.21. The standard InChI is InChI=1S/C18H20N2O2/c1-13-6-3-4-8-15(13)11-17(21)20-12-14-7-5-9-16(10-14)18(22)19-2/h3-10H,11-12H2,1-2H3,(H,19,22)(H,20,21). The molecule has 0 aliphatic rings. The molecule has 4 heteroatoms. The summed E-state index contributed by atoms with van der Waals surface area (Å²) in [5.74, 6) is -0.160. The lowest BCUT2D eigenvalue weighted by molar-refractivity contribution is -0.120. The van der Waals surface area contributed by atoms with Gasteiger partial charge in [-0.25, -0.2) is 0 Å². The summed E-state index contributed by atoms with van der Waals surface area (Å²) in [5, 5.41) is 5.47. The first-order valence-electron chi connectivity index (χ1n) is 7.22. The Labute approximate surface area is 130 Å². The minimum absolute atomic E-state index is 0.0281. The molecule has 0 unspecified atom stereocenters. The van der Waals surface area contributed by atoms with Crippen molar-refractivity contribution in [2.24, 2.45) is 0 Å². The fraction of sp³-hybridized carbons (Fsp3) is 0.222. The Morgan fingerprint density at radius 2 is 1.82 bits per heavy atom. The molecule has 0 aliphatic carbocycles. The van der Waals surface area contributed by atoms with Crippen LogP contribution in [0.1, 0.15) is 27.0 Å². The fourth-order valence-electron chi connectivity index (χ4n) is 2.21. The lowest BCUT2D eigenvalue weighted by Crippen LogP contribution is -2.25.